The van der Waals surface area contributed by atoms with Gasteiger partial charge in [0.1, 0.15) is 10.6 Å². The van der Waals surface area contributed by atoms with Crippen molar-refractivity contribution in [3.05, 3.63) is 68.9 Å². The van der Waals surface area contributed by atoms with E-state index in [0.717, 1.165) is 17.2 Å². The van der Waals surface area contributed by atoms with Crippen molar-refractivity contribution in [1.82, 2.24) is 19.8 Å². The number of hydrogen-bond donors (Lipinski definition) is 2. The molecule has 1 saturated carbocycles. The van der Waals surface area contributed by atoms with E-state index in [2.05, 4.69) is 15.1 Å². The van der Waals surface area contributed by atoms with Crippen LogP contribution in [0.1, 0.15) is 53.9 Å². The minimum Gasteiger partial charge on any atom is -0.437 e. The van der Waals surface area contributed by atoms with E-state index in [1.54, 1.807) is 6.92 Å². The summed E-state index contributed by atoms with van der Waals surface area (Å²) in [6.07, 6.45) is 1.38. The molecule has 2 N–H and O–H groups in total. The van der Waals surface area contributed by atoms with Crippen LogP contribution in [0, 0.1) is 36.8 Å². The molecule has 12 heteroatoms. The Balaban J connectivity index is 1.86. The van der Waals surface area contributed by atoms with Gasteiger partial charge in [-0.05, 0) is 62.8 Å². The molecule has 0 saturated heterocycles. The largest absolute Gasteiger partial charge is 0.437 e. The van der Waals surface area contributed by atoms with E-state index >= 15 is 0 Å². The summed E-state index contributed by atoms with van der Waals surface area (Å²) in [7, 11) is -4.13. The van der Waals surface area contributed by atoms with E-state index in [9.17, 15) is 23.3 Å². The van der Waals surface area contributed by atoms with Crippen molar-refractivity contribution in [2.24, 2.45) is 5.92 Å². The van der Waals surface area contributed by atoms with Crippen LogP contribution >= 0.6 is 0 Å². The van der Waals surface area contributed by atoms with E-state index < -0.39 is 20.9 Å². The molecule has 2 aromatic carbocycles. The van der Waals surface area contributed by atoms with Crippen molar-refractivity contribution in [3.8, 4) is 17.3 Å². The summed E-state index contributed by atoms with van der Waals surface area (Å²) >= 11 is 0. The van der Waals surface area contributed by atoms with Crippen LogP contribution in [0.5, 0.6) is 11.6 Å². The van der Waals surface area contributed by atoms with Crippen LogP contribution in [0.25, 0.3) is 5.69 Å². The molecule has 1 aromatic heterocycles. The Bertz CT molecular complexity index is 1510. The van der Waals surface area contributed by atoms with Crippen LogP contribution in [0.2, 0.25) is 0 Å². The lowest BCUT2D eigenvalue weighted by atomic mass is 10.1. The average Bonchev–Trinajstić information content (AvgIpc) is 3.61. The molecule has 0 atom stereocenters. The van der Waals surface area contributed by atoms with Crippen molar-refractivity contribution in [1.29, 1.82) is 0 Å². The van der Waals surface area contributed by atoms with Gasteiger partial charge in [0.05, 0.1) is 10.6 Å². The topological polar surface area (TPSA) is 145 Å². The zero-order chi connectivity index (χ0) is 27.8. The lowest BCUT2D eigenvalue weighted by Gasteiger charge is -2.15. The van der Waals surface area contributed by atoms with Crippen LogP contribution < -0.4 is 14.8 Å². The first kappa shape index (κ1) is 27.3. The predicted molar refractivity (Wildman–Crippen MR) is 141 cm³/mol. The molecule has 38 heavy (non-hydrogen) atoms. The highest BCUT2D eigenvalue weighted by molar-refractivity contribution is 7.89. The molecule has 0 aliphatic heterocycles. The third-order valence-electron chi connectivity index (χ3n) is 6.29. The monoisotopic (exact) mass is 541 g/mol. The van der Waals surface area contributed by atoms with Crippen LogP contribution in [-0.4, -0.2) is 41.6 Å². The molecular formula is C26H31N5O6S. The highest BCUT2D eigenvalue weighted by Crippen LogP contribution is 2.37. The maximum atomic E-state index is 13.2. The smallest absolute Gasteiger partial charge is 0.272 e. The maximum Gasteiger partial charge on any atom is 0.272 e. The number of rotatable bonds is 10. The molecular weight excluding hydrogens is 510 g/mol. The lowest BCUT2D eigenvalue weighted by Crippen LogP contribution is -2.28. The minimum atomic E-state index is -4.13. The number of aryl methyl sites for hydroxylation is 1. The summed E-state index contributed by atoms with van der Waals surface area (Å²) in [5.41, 5.74) is 2.66. The van der Waals surface area contributed by atoms with Gasteiger partial charge >= 0.3 is 0 Å². The molecule has 1 heterocycles. The zero-order valence-corrected chi connectivity index (χ0v) is 22.8. The summed E-state index contributed by atoms with van der Waals surface area (Å²) in [6, 6.07) is 8.79. The molecule has 1 fully saturated rings. The first-order valence-corrected chi connectivity index (χ1v) is 13.8. The van der Waals surface area contributed by atoms with E-state index in [4.69, 9.17) is 4.74 Å². The number of carbonyl (C=O) groups excluding carboxylic acids is 1. The summed E-state index contributed by atoms with van der Waals surface area (Å²) in [4.78, 5) is 23.4. The Morgan fingerprint density at radius 2 is 1.89 bits per heavy atom. The fourth-order valence-electron chi connectivity index (χ4n) is 3.82. The molecule has 202 valence electrons. The lowest BCUT2D eigenvalue weighted by molar-refractivity contribution is -0.385. The van der Waals surface area contributed by atoms with Gasteiger partial charge in [0.2, 0.25) is 15.9 Å². The van der Waals surface area contributed by atoms with Gasteiger partial charge in [-0.25, -0.2) is 13.1 Å². The molecule has 0 unspecified atom stereocenters. The Morgan fingerprint density at radius 3 is 2.53 bits per heavy atom. The Morgan fingerprint density at radius 1 is 1.18 bits per heavy atom. The standard InChI is InChI=1S/C26H31N5O6S/c1-15(2)14-27-25(32)24-18(5)26(30(28-24)21-8-6-7-16(3)17(21)4)37-22-12-11-20(31(33)34)13-23(22)38(35,36)29-19-9-10-19/h6-8,11-13,15,19,29H,9-10,14H2,1-5H3,(H,27,32). The van der Waals surface area contributed by atoms with Crippen LogP contribution in [0.3, 0.4) is 0 Å². The van der Waals surface area contributed by atoms with Gasteiger partial charge in [-0.2, -0.15) is 9.78 Å². The van der Waals surface area contributed by atoms with Crippen LogP contribution in [0.15, 0.2) is 41.3 Å². The Hall–Kier alpha value is -3.77. The van der Waals surface area contributed by atoms with Crippen LogP contribution in [0.4, 0.5) is 5.69 Å². The van der Waals surface area contributed by atoms with Crippen molar-refractivity contribution in [2.75, 3.05) is 6.54 Å². The SMILES string of the molecule is Cc1cccc(-n2nc(C(=O)NCC(C)C)c(C)c2Oc2ccc([N+](=O)[O-])cc2S(=O)(=O)NC2CC2)c1C. The van der Waals surface area contributed by atoms with Gasteiger partial charge in [-0.1, -0.05) is 26.0 Å². The van der Waals surface area contributed by atoms with Gasteiger partial charge < -0.3 is 10.1 Å². The van der Waals surface area contributed by atoms with E-state index in [1.807, 2.05) is 45.9 Å². The molecule has 0 bridgehead atoms. The number of nitro benzene ring substituents is 1. The number of aromatic nitrogens is 2. The summed E-state index contributed by atoms with van der Waals surface area (Å²) in [5, 5.41) is 18.8. The van der Waals surface area contributed by atoms with Crippen LogP contribution in [-0.2, 0) is 10.0 Å². The fraction of sp³-hybridized carbons (Fsp3) is 0.385. The zero-order valence-electron chi connectivity index (χ0n) is 21.9. The molecule has 1 aliphatic rings. The normalized spacial score (nSPS) is 13.5. The third kappa shape index (κ3) is 5.70. The average molecular weight is 542 g/mol. The second-order valence-electron chi connectivity index (χ2n) is 9.90. The number of nitrogens with one attached hydrogen (secondary N) is 2. The number of sulfonamides is 1. The summed E-state index contributed by atoms with van der Waals surface area (Å²) in [6.45, 7) is 9.91. The quantitative estimate of drug-likeness (QED) is 0.287. The molecule has 1 aliphatic carbocycles. The van der Waals surface area contributed by atoms with E-state index in [0.29, 0.717) is 30.6 Å². The van der Waals surface area contributed by atoms with Gasteiger partial charge in [0.15, 0.2) is 5.69 Å². The third-order valence-corrected chi connectivity index (χ3v) is 7.83. The predicted octanol–water partition coefficient (Wildman–Crippen LogP) is 4.32. The molecule has 0 radical (unpaired) electrons. The summed E-state index contributed by atoms with van der Waals surface area (Å²) in [5.74, 6) is -0.155. The van der Waals surface area contributed by atoms with Gasteiger partial charge in [0.25, 0.3) is 11.6 Å². The summed E-state index contributed by atoms with van der Waals surface area (Å²) < 4.78 is 36.5. The molecule has 0 spiro atoms. The number of nitro groups is 1. The molecule has 11 nitrogen and oxygen atoms in total. The number of hydrogen-bond acceptors (Lipinski definition) is 7. The first-order chi connectivity index (χ1) is 17.9. The highest BCUT2D eigenvalue weighted by Gasteiger charge is 2.32. The second-order valence-corrected chi connectivity index (χ2v) is 11.6. The maximum absolute atomic E-state index is 13.2. The van der Waals surface area contributed by atoms with E-state index in [1.165, 1.54) is 16.8 Å². The Kier molecular flexibility index (Phi) is 7.56. The first-order valence-electron chi connectivity index (χ1n) is 12.3. The molecule has 4 rings (SSSR count). The second kappa shape index (κ2) is 10.5. The minimum absolute atomic E-state index is 0.118. The number of non-ortho nitro benzene ring substituents is 1. The van der Waals surface area contributed by atoms with Gasteiger partial charge in [-0.15, -0.1) is 0 Å². The Labute approximate surface area is 221 Å². The van der Waals surface area contributed by atoms with Crippen molar-refractivity contribution < 1.29 is 22.9 Å². The fourth-order valence-corrected chi connectivity index (χ4v) is 5.27. The van der Waals surface area contributed by atoms with Gasteiger partial charge in [-0.3, -0.25) is 14.9 Å². The highest BCUT2D eigenvalue weighted by atomic mass is 32.2. The number of nitrogens with zero attached hydrogens (tertiary/aromatic N) is 3. The number of ether oxygens (including phenoxy) is 1. The molecule has 3 aromatic rings. The van der Waals surface area contributed by atoms with Gasteiger partial charge in [0, 0.05) is 30.3 Å². The van der Waals surface area contributed by atoms with Crippen molar-refractivity contribution in [2.45, 2.75) is 58.4 Å². The van der Waals surface area contributed by atoms with E-state index in [-0.39, 0.29) is 39.9 Å². The number of carbonyl (C=O) groups is 1. The molecule has 1 amide bonds. The number of benzene rings is 2. The van der Waals surface area contributed by atoms with Crippen molar-refractivity contribution in [3.63, 3.8) is 0 Å². The van der Waals surface area contributed by atoms with Crippen molar-refractivity contribution >= 4 is 21.6 Å². The number of amides is 1.